The lowest BCUT2D eigenvalue weighted by molar-refractivity contribution is 0.00982. The van der Waals surface area contributed by atoms with Gasteiger partial charge in [-0.25, -0.2) is 0 Å². The first-order valence-corrected chi connectivity index (χ1v) is 7.06. The first kappa shape index (κ1) is 13.3. The van der Waals surface area contributed by atoms with E-state index in [9.17, 15) is 5.11 Å². The maximum Gasteiger partial charge on any atom is 0.0702 e. The van der Waals surface area contributed by atoms with Gasteiger partial charge in [0.05, 0.1) is 6.10 Å². The molecule has 0 spiro atoms. The maximum absolute atomic E-state index is 9.18. The second-order valence-electron chi connectivity index (χ2n) is 6.34. The Morgan fingerprint density at radius 1 is 1.41 bits per heavy atom. The largest absolute Gasteiger partial charge is 0.396 e. The predicted molar refractivity (Wildman–Crippen MR) is 69.0 cm³/mol. The van der Waals surface area contributed by atoms with Crippen molar-refractivity contribution in [3.8, 4) is 0 Å². The average molecular weight is 241 g/mol. The highest BCUT2D eigenvalue weighted by atomic mass is 16.5. The van der Waals surface area contributed by atoms with Gasteiger partial charge < -0.3 is 14.7 Å². The Hall–Kier alpha value is -0.120. The Morgan fingerprint density at radius 3 is 2.88 bits per heavy atom. The summed E-state index contributed by atoms with van der Waals surface area (Å²) in [5.41, 5.74) is 0.385. The highest BCUT2D eigenvalue weighted by Crippen LogP contribution is 2.37. The van der Waals surface area contributed by atoms with Gasteiger partial charge in [0.1, 0.15) is 0 Å². The summed E-state index contributed by atoms with van der Waals surface area (Å²) in [6.45, 7) is 9.37. The molecule has 2 atom stereocenters. The first-order valence-electron chi connectivity index (χ1n) is 7.06. The predicted octanol–water partition coefficient (Wildman–Crippen LogP) is 1.90. The molecule has 3 nitrogen and oxygen atoms in total. The van der Waals surface area contributed by atoms with Crippen molar-refractivity contribution in [3.05, 3.63) is 0 Å². The normalized spacial score (nSPS) is 34.1. The fourth-order valence-corrected chi connectivity index (χ4v) is 3.18. The summed E-state index contributed by atoms with van der Waals surface area (Å²) in [5.74, 6) is 0.627. The van der Waals surface area contributed by atoms with E-state index >= 15 is 0 Å². The van der Waals surface area contributed by atoms with E-state index in [1.54, 1.807) is 0 Å². The van der Waals surface area contributed by atoms with Crippen LogP contribution in [0.3, 0.4) is 0 Å². The number of rotatable bonds is 4. The van der Waals surface area contributed by atoms with E-state index in [0.29, 0.717) is 24.0 Å². The first-order chi connectivity index (χ1) is 8.12. The zero-order valence-electron chi connectivity index (χ0n) is 11.3. The highest BCUT2D eigenvalue weighted by molar-refractivity contribution is 4.87. The SMILES string of the molecule is CC1(C)CCN(CC2CCCO2)CC1CCO. The number of piperidine rings is 1. The van der Waals surface area contributed by atoms with Crippen LogP contribution in [0, 0.1) is 11.3 Å². The van der Waals surface area contributed by atoms with Gasteiger partial charge in [-0.15, -0.1) is 0 Å². The number of nitrogens with zero attached hydrogens (tertiary/aromatic N) is 1. The molecule has 2 fully saturated rings. The van der Waals surface area contributed by atoms with Crippen molar-refractivity contribution in [2.45, 2.75) is 45.6 Å². The van der Waals surface area contributed by atoms with Crippen LogP contribution in [0.15, 0.2) is 0 Å². The van der Waals surface area contributed by atoms with Gasteiger partial charge in [0, 0.05) is 26.3 Å². The molecule has 3 heteroatoms. The molecule has 0 aromatic carbocycles. The molecule has 0 aliphatic carbocycles. The lowest BCUT2D eigenvalue weighted by Crippen LogP contribution is -2.47. The van der Waals surface area contributed by atoms with Crippen LogP contribution in [0.2, 0.25) is 0 Å². The lowest BCUT2D eigenvalue weighted by Gasteiger charge is -2.44. The third kappa shape index (κ3) is 3.43. The molecule has 2 rings (SSSR count). The summed E-state index contributed by atoms with van der Waals surface area (Å²) >= 11 is 0. The van der Waals surface area contributed by atoms with Gasteiger partial charge in [-0.05, 0) is 43.6 Å². The number of hydrogen-bond acceptors (Lipinski definition) is 3. The fraction of sp³-hybridized carbons (Fsp3) is 1.00. The fourth-order valence-electron chi connectivity index (χ4n) is 3.18. The molecule has 2 heterocycles. The highest BCUT2D eigenvalue weighted by Gasteiger charge is 2.35. The Balaban J connectivity index is 1.84. The summed E-state index contributed by atoms with van der Waals surface area (Å²) in [5, 5.41) is 9.18. The van der Waals surface area contributed by atoms with Gasteiger partial charge in [-0.2, -0.15) is 0 Å². The molecular formula is C14H27NO2. The molecule has 0 radical (unpaired) electrons. The Morgan fingerprint density at radius 2 is 2.24 bits per heavy atom. The standard InChI is InChI=1S/C14H27NO2/c1-14(2)6-7-15(10-12(14)5-8-16)11-13-4-3-9-17-13/h12-13,16H,3-11H2,1-2H3. The number of aliphatic hydroxyl groups excluding tert-OH is 1. The van der Waals surface area contributed by atoms with Crippen molar-refractivity contribution in [3.63, 3.8) is 0 Å². The molecule has 0 saturated carbocycles. The van der Waals surface area contributed by atoms with E-state index < -0.39 is 0 Å². The Labute approximate surface area is 105 Å². The van der Waals surface area contributed by atoms with Crippen LogP contribution in [0.4, 0.5) is 0 Å². The van der Waals surface area contributed by atoms with Gasteiger partial charge in [0.15, 0.2) is 0 Å². The molecule has 17 heavy (non-hydrogen) atoms. The van der Waals surface area contributed by atoms with Crippen LogP contribution in [-0.4, -0.2) is 49.0 Å². The van der Waals surface area contributed by atoms with Crippen molar-refractivity contribution in [1.82, 2.24) is 4.90 Å². The van der Waals surface area contributed by atoms with E-state index in [2.05, 4.69) is 18.7 Å². The van der Waals surface area contributed by atoms with Crippen molar-refractivity contribution >= 4 is 0 Å². The second kappa shape index (κ2) is 5.68. The third-order valence-electron chi connectivity index (χ3n) is 4.62. The Bertz CT molecular complexity index is 236. The van der Waals surface area contributed by atoms with Crippen LogP contribution in [-0.2, 0) is 4.74 Å². The molecule has 2 saturated heterocycles. The molecule has 1 N–H and O–H groups in total. The minimum atomic E-state index is 0.321. The van der Waals surface area contributed by atoms with Gasteiger partial charge in [0.25, 0.3) is 0 Å². The maximum atomic E-state index is 9.18. The van der Waals surface area contributed by atoms with Crippen LogP contribution in [0.1, 0.15) is 39.5 Å². The number of ether oxygens (including phenoxy) is 1. The molecule has 2 unspecified atom stereocenters. The number of aliphatic hydroxyl groups is 1. The van der Waals surface area contributed by atoms with E-state index in [1.165, 1.54) is 25.8 Å². The zero-order chi connectivity index (χ0) is 12.3. The quantitative estimate of drug-likeness (QED) is 0.816. The van der Waals surface area contributed by atoms with Crippen molar-refractivity contribution in [2.75, 3.05) is 32.8 Å². The number of hydrogen-bond donors (Lipinski definition) is 1. The summed E-state index contributed by atoms with van der Waals surface area (Å²) in [6.07, 6.45) is 5.10. The molecule has 100 valence electrons. The zero-order valence-corrected chi connectivity index (χ0v) is 11.3. The topological polar surface area (TPSA) is 32.7 Å². The van der Waals surface area contributed by atoms with Gasteiger partial charge in [-0.1, -0.05) is 13.8 Å². The smallest absolute Gasteiger partial charge is 0.0702 e. The minimum absolute atomic E-state index is 0.321. The lowest BCUT2D eigenvalue weighted by atomic mass is 9.72. The molecule has 0 aromatic heterocycles. The summed E-state index contributed by atoms with van der Waals surface area (Å²) in [6, 6.07) is 0. The van der Waals surface area contributed by atoms with Crippen LogP contribution in [0.5, 0.6) is 0 Å². The Kier molecular flexibility index (Phi) is 4.45. The summed E-state index contributed by atoms with van der Waals surface area (Å²) in [4.78, 5) is 2.54. The third-order valence-corrected chi connectivity index (χ3v) is 4.62. The molecule has 0 bridgehead atoms. The molecule has 0 aromatic rings. The van der Waals surface area contributed by atoms with E-state index in [4.69, 9.17) is 4.74 Å². The van der Waals surface area contributed by atoms with Crippen molar-refractivity contribution in [2.24, 2.45) is 11.3 Å². The molecule has 0 amide bonds. The van der Waals surface area contributed by atoms with Crippen LogP contribution >= 0.6 is 0 Å². The molecule has 2 aliphatic rings. The molecule has 2 aliphatic heterocycles. The summed E-state index contributed by atoms with van der Waals surface area (Å²) < 4.78 is 5.71. The van der Waals surface area contributed by atoms with Gasteiger partial charge >= 0.3 is 0 Å². The van der Waals surface area contributed by atoms with E-state index in [0.717, 1.165) is 26.1 Å². The summed E-state index contributed by atoms with van der Waals surface area (Å²) in [7, 11) is 0. The van der Waals surface area contributed by atoms with Crippen LogP contribution < -0.4 is 0 Å². The average Bonchev–Trinajstić information content (AvgIpc) is 2.76. The molecular weight excluding hydrogens is 214 g/mol. The van der Waals surface area contributed by atoms with Gasteiger partial charge in [0.2, 0.25) is 0 Å². The van der Waals surface area contributed by atoms with E-state index in [-0.39, 0.29) is 0 Å². The van der Waals surface area contributed by atoms with Crippen molar-refractivity contribution in [1.29, 1.82) is 0 Å². The van der Waals surface area contributed by atoms with E-state index in [1.807, 2.05) is 0 Å². The minimum Gasteiger partial charge on any atom is -0.396 e. The van der Waals surface area contributed by atoms with Crippen LogP contribution in [0.25, 0.3) is 0 Å². The monoisotopic (exact) mass is 241 g/mol. The number of likely N-dealkylation sites (tertiary alicyclic amines) is 1. The van der Waals surface area contributed by atoms with Crippen molar-refractivity contribution < 1.29 is 9.84 Å². The van der Waals surface area contributed by atoms with Gasteiger partial charge in [-0.3, -0.25) is 0 Å². The second-order valence-corrected chi connectivity index (χ2v) is 6.34.